The molecular weight excluding hydrogens is 244 g/mol. The standard InChI is InChI=1S/C18H34N2/c1-13-9-10-16(14(2)12-13)20-18-8-5-6-15(18)17-7-3-4-11-19-17/h13-20H,3-12H2,1-2H3. The quantitative estimate of drug-likeness (QED) is 0.822. The van der Waals surface area contributed by atoms with E-state index in [1.54, 1.807) is 0 Å². The molecule has 1 saturated heterocycles. The van der Waals surface area contributed by atoms with Crippen LogP contribution in [0.15, 0.2) is 0 Å². The molecule has 0 bridgehead atoms. The van der Waals surface area contributed by atoms with Gasteiger partial charge >= 0.3 is 0 Å². The summed E-state index contributed by atoms with van der Waals surface area (Å²) in [5, 5.41) is 7.90. The summed E-state index contributed by atoms with van der Waals surface area (Å²) in [4.78, 5) is 0. The molecule has 2 heteroatoms. The fourth-order valence-corrected chi connectivity index (χ4v) is 5.11. The highest BCUT2D eigenvalue weighted by molar-refractivity contribution is 4.95. The highest BCUT2D eigenvalue weighted by atomic mass is 15.0. The molecule has 2 N–H and O–H groups in total. The van der Waals surface area contributed by atoms with E-state index in [0.29, 0.717) is 0 Å². The van der Waals surface area contributed by atoms with Gasteiger partial charge in [0.15, 0.2) is 0 Å². The van der Waals surface area contributed by atoms with Gasteiger partial charge in [-0.05, 0) is 69.2 Å². The lowest BCUT2D eigenvalue weighted by molar-refractivity contribution is 0.182. The van der Waals surface area contributed by atoms with Crippen molar-refractivity contribution in [2.24, 2.45) is 17.8 Å². The first-order valence-corrected chi connectivity index (χ1v) is 9.23. The molecule has 1 aliphatic heterocycles. The summed E-state index contributed by atoms with van der Waals surface area (Å²) < 4.78 is 0. The van der Waals surface area contributed by atoms with Crippen molar-refractivity contribution in [3.8, 4) is 0 Å². The maximum absolute atomic E-state index is 4.10. The molecule has 0 amide bonds. The highest BCUT2D eigenvalue weighted by Gasteiger charge is 2.36. The van der Waals surface area contributed by atoms with E-state index in [1.807, 2.05) is 0 Å². The molecule has 116 valence electrons. The van der Waals surface area contributed by atoms with E-state index < -0.39 is 0 Å². The van der Waals surface area contributed by atoms with Gasteiger partial charge < -0.3 is 10.6 Å². The minimum atomic E-state index is 0.792. The van der Waals surface area contributed by atoms with Crippen molar-refractivity contribution in [1.82, 2.24) is 10.6 Å². The Hall–Kier alpha value is -0.0800. The van der Waals surface area contributed by atoms with Gasteiger partial charge in [-0.2, -0.15) is 0 Å². The van der Waals surface area contributed by atoms with Gasteiger partial charge in [0.2, 0.25) is 0 Å². The van der Waals surface area contributed by atoms with Crippen LogP contribution in [0.2, 0.25) is 0 Å². The summed E-state index contributed by atoms with van der Waals surface area (Å²) in [7, 11) is 0. The maximum atomic E-state index is 4.10. The zero-order valence-corrected chi connectivity index (χ0v) is 13.5. The molecule has 0 aromatic heterocycles. The third-order valence-electron chi connectivity index (χ3n) is 6.29. The summed E-state index contributed by atoms with van der Waals surface area (Å²) >= 11 is 0. The van der Waals surface area contributed by atoms with Crippen molar-refractivity contribution in [2.45, 2.75) is 89.8 Å². The summed E-state index contributed by atoms with van der Waals surface area (Å²) in [6.07, 6.45) is 12.8. The number of rotatable bonds is 3. The van der Waals surface area contributed by atoms with Crippen LogP contribution in [0.1, 0.15) is 71.6 Å². The van der Waals surface area contributed by atoms with Crippen molar-refractivity contribution in [1.29, 1.82) is 0 Å². The molecule has 0 radical (unpaired) electrons. The zero-order chi connectivity index (χ0) is 13.9. The van der Waals surface area contributed by atoms with E-state index >= 15 is 0 Å². The Labute approximate surface area is 125 Å². The molecule has 0 aromatic carbocycles. The monoisotopic (exact) mass is 278 g/mol. The molecule has 2 saturated carbocycles. The van der Waals surface area contributed by atoms with Crippen LogP contribution in [0.25, 0.3) is 0 Å². The number of hydrogen-bond acceptors (Lipinski definition) is 2. The first-order chi connectivity index (χ1) is 9.74. The third kappa shape index (κ3) is 3.39. The molecule has 0 spiro atoms. The first kappa shape index (κ1) is 14.8. The van der Waals surface area contributed by atoms with Gasteiger partial charge in [-0.3, -0.25) is 0 Å². The molecule has 3 fully saturated rings. The SMILES string of the molecule is CC1CCC(NC2CCCC2C2CCCCN2)C(C)C1. The Morgan fingerprint density at radius 2 is 1.75 bits per heavy atom. The lowest BCUT2D eigenvalue weighted by atomic mass is 9.79. The number of hydrogen-bond donors (Lipinski definition) is 2. The average molecular weight is 278 g/mol. The number of piperidine rings is 1. The Morgan fingerprint density at radius 3 is 2.50 bits per heavy atom. The van der Waals surface area contributed by atoms with Crippen LogP contribution >= 0.6 is 0 Å². The van der Waals surface area contributed by atoms with Crippen molar-refractivity contribution >= 4 is 0 Å². The van der Waals surface area contributed by atoms with Gasteiger partial charge in [0.1, 0.15) is 0 Å². The molecular formula is C18H34N2. The predicted octanol–water partition coefficient (Wildman–Crippen LogP) is 3.71. The third-order valence-corrected chi connectivity index (χ3v) is 6.29. The van der Waals surface area contributed by atoms with Gasteiger partial charge in [-0.15, -0.1) is 0 Å². The van der Waals surface area contributed by atoms with Crippen molar-refractivity contribution < 1.29 is 0 Å². The van der Waals surface area contributed by atoms with Crippen LogP contribution < -0.4 is 10.6 Å². The minimum absolute atomic E-state index is 0.792. The van der Waals surface area contributed by atoms with E-state index in [4.69, 9.17) is 0 Å². The molecule has 6 atom stereocenters. The molecule has 1 heterocycles. The maximum Gasteiger partial charge on any atom is 0.0113 e. The van der Waals surface area contributed by atoms with Crippen LogP contribution in [0, 0.1) is 17.8 Å². The van der Waals surface area contributed by atoms with Crippen LogP contribution in [-0.2, 0) is 0 Å². The summed E-state index contributed by atoms with van der Waals surface area (Å²) in [6.45, 7) is 6.15. The van der Waals surface area contributed by atoms with E-state index in [-0.39, 0.29) is 0 Å². The molecule has 3 aliphatic rings. The minimum Gasteiger partial charge on any atom is -0.314 e. The Kier molecular flexibility index (Phi) is 5.04. The fourth-order valence-electron chi connectivity index (χ4n) is 5.11. The predicted molar refractivity (Wildman–Crippen MR) is 85.9 cm³/mol. The van der Waals surface area contributed by atoms with E-state index in [0.717, 1.165) is 35.9 Å². The van der Waals surface area contributed by atoms with E-state index in [9.17, 15) is 0 Å². The normalized spacial score (nSPS) is 46.5. The van der Waals surface area contributed by atoms with Crippen molar-refractivity contribution in [3.05, 3.63) is 0 Å². The molecule has 6 unspecified atom stereocenters. The zero-order valence-electron chi connectivity index (χ0n) is 13.5. The van der Waals surface area contributed by atoms with Gasteiger partial charge in [0.05, 0.1) is 0 Å². The molecule has 3 rings (SSSR count). The largest absolute Gasteiger partial charge is 0.314 e. The van der Waals surface area contributed by atoms with E-state index in [2.05, 4.69) is 24.5 Å². The van der Waals surface area contributed by atoms with Crippen LogP contribution in [0.4, 0.5) is 0 Å². The number of nitrogens with one attached hydrogen (secondary N) is 2. The second-order valence-electron chi connectivity index (χ2n) is 7.93. The topological polar surface area (TPSA) is 24.1 Å². The fraction of sp³-hybridized carbons (Fsp3) is 1.00. The molecule has 2 nitrogen and oxygen atoms in total. The summed E-state index contributed by atoms with van der Waals surface area (Å²) in [5.41, 5.74) is 0. The molecule has 2 aliphatic carbocycles. The Balaban J connectivity index is 1.55. The Bertz CT molecular complexity index is 298. The van der Waals surface area contributed by atoms with E-state index in [1.165, 1.54) is 64.3 Å². The van der Waals surface area contributed by atoms with Crippen LogP contribution in [-0.4, -0.2) is 24.7 Å². The van der Waals surface area contributed by atoms with Gasteiger partial charge in [-0.25, -0.2) is 0 Å². The van der Waals surface area contributed by atoms with Crippen molar-refractivity contribution in [3.63, 3.8) is 0 Å². The second-order valence-corrected chi connectivity index (χ2v) is 7.93. The second kappa shape index (κ2) is 6.79. The van der Waals surface area contributed by atoms with Gasteiger partial charge in [0, 0.05) is 18.1 Å². The van der Waals surface area contributed by atoms with Crippen LogP contribution in [0.3, 0.4) is 0 Å². The molecule has 20 heavy (non-hydrogen) atoms. The average Bonchev–Trinajstić information content (AvgIpc) is 2.91. The highest BCUT2D eigenvalue weighted by Crippen LogP contribution is 2.35. The first-order valence-electron chi connectivity index (χ1n) is 9.23. The Morgan fingerprint density at radius 1 is 0.850 bits per heavy atom. The smallest absolute Gasteiger partial charge is 0.0113 e. The van der Waals surface area contributed by atoms with Gasteiger partial charge in [-0.1, -0.05) is 26.7 Å². The van der Waals surface area contributed by atoms with Crippen LogP contribution in [0.5, 0.6) is 0 Å². The lowest BCUT2D eigenvalue weighted by Gasteiger charge is -2.39. The van der Waals surface area contributed by atoms with Gasteiger partial charge in [0.25, 0.3) is 0 Å². The summed E-state index contributed by atoms with van der Waals surface area (Å²) in [5.74, 6) is 2.73. The van der Waals surface area contributed by atoms with Crippen molar-refractivity contribution in [2.75, 3.05) is 6.54 Å². The lowest BCUT2D eigenvalue weighted by Crippen LogP contribution is -2.51. The summed E-state index contributed by atoms with van der Waals surface area (Å²) in [6, 6.07) is 2.40. The molecule has 0 aromatic rings.